The van der Waals surface area contributed by atoms with Crippen LogP contribution in [-0.2, 0) is 9.53 Å². The van der Waals surface area contributed by atoms with E-state index in [9.17, 15) is 4.79 Å². The topological polar surface area (TPSA) is 35.5 Å². The predicted molar refractivity (Wildman–Crippen MR) is 143 cm³/mol. The van der Waals surface area contributed by atoms with Gasteiger partial charge in [0, 0.05) is 12.0 Å². The molecule has 1 aromatic rings. The first-order chi connectivity index (χ1) is 16.8. The first-order valence-corrected chi connectivity index (χ1v) is 12.3. The summed E-state index contributed by atoms with van der Waals surface area (Å²) in [7, 11) is 0. The van der Waals surface area contributed by atoms with Gasteiger partial charge in [0.1, 0.15) is 18.1 Å². The normalized spacial score (nSPS) is 14.1. The summed E-state index contributed by atoms with van der Waals surface area (Å²) < 4.78 is 11.0. The molecule has 1 aliphatic heterocycles. The van der Waals surface area contributed by atoms with Crippen LogP contribution in [0.2, 0.25) is 0 Å². The first-order valence-electron chi connectivity index (χ1n) is 12.3. The zero-order chi connectivity index (χ0) is 24.1. The lowest BCUT2D eigenvalue weighted by Gasteiger charge is -2.17. The van der Waals surface area contributed by atoms with Gasteiger partial charge in [-0.25, -0.2) is 0 Å². The van der Waals surface area contributed by atoms with Gasteiger partial charge in [-0.2, -0.15) is 0 Å². The lowest BCUT2D eigenvalue weighted by Crippen LogP contribution is -2.13. The second kappa shape index (κ2) is 18.1. The van der Waals surface area contributed by atoms with Crippen LogP contribution in [0, 0.1) is 0 Å². The Labute approximate surface area is 205 Å². The third kappa shape index (κ3) is 12.6. The Morgan fingerprint density at radius 1 is 0.794 bits per heavy atom. The maximum Gasteiger partial charge on any atom is 0.311 e. The van der Waals surface area contributed by atoms with Crippen molar-refractivity contribution < 1.29 is 14.3 Å². The molecule has 0 aromatic heterocycles. The number of ether oxygens (including phenoxy) is 2. The van der Waals surface area contributed by atoms with Gasteiger partial charge in [0.15, 0.2) is 0 Å². The first kappa shape index (κ1) is 26.9. The summed E-state index contributed by atoms with van der Waals surface area (Å²) in [5.41, 5.74) is 0.938. The van der Waals surface area contributed by atoms with E-state index in [1.807, 2.05) is 36.4 Å². The molecule has 0 atom stereocenters. The molecule has 0 fully saturated rings. The van der Waals surface area contributed by atoms with Crippen LogP contribution < -0.4 is 4.74 Å². The molecule has 180 valence electrons. The highest BCUT2D eigenvalue weighted by Gasteiger charge is 2.14. The number of carbonyl (C=O) groups excluding carboxylic acids is 1. The van der Waals surface area contributed by atoms with Crippen LogP contribution in [0.1, 0.15) is 63.9 Å². The average molecular weight is 459 g/mol. The van der Waals surface area contributed by atoms with Crippen LogP contribution in [0.4, 0.5) is 0 Å². The maximum atomic E-state index is 12.0. The molecule has 3 heteroatoms. The fourth-order valence-electron chi connectivity index (χ4n) is 3.19. The SMILES string of the molecule is CCC=CCC=CCC=CCC=CCC=CCC=CCCC(=O)OC1=Cc2ccccc2OC1. The number of allylic oxidation sites excluding steroid dienone is 12. The van der Waals surface area contributed by atoms with E-state index in [0.717, 1.165) is 49.8 Å². The van der Waals surface area contributed by atoms with E-state index in [-0.39, 0.29) is 5.97 Å². The van der Waals surface area contributed by atoms with Gasteiger partial charge >= 0.3 is 5.97 Å². The molecule has 0 amide bonds. The van der Waals surface area contributed by atoms with Gasteiger partial charge in [-0.1, -0.05) is 98.0 Å². The van der Waals surface area contributed by atoms with Crippen LogP contribution in [-0.4, -0.2) is 12.6 Å². The number of carbonyl (C=O) groups is 1. The number of benzene rings is 1. The number of hydrogen-bond acceptors (Lipinski definition) is 3. The van der Waals surface area contributed by atoms with Crippen molar-refractivity contribution in [2.45, 2.75) is 58.3 Å². The Hall–Kier alpha value is -3.33. The number of rotatable bonds is 15. The van der Waals surface area contributed by atoms with E-state index >= 15 is 0 Å². The third-order valence-corrected chi connectivity index (χ3v) is 4.96. The molecule has 2 rings (SSSR count). The van der Waals surface area contributed by atoms with Crippen molar-refractivity contribution in [3.63, 3.8) is 0 Å². The fraction of sp³-hybridized carbons (Fsp3) is 0.323. The Balaban J connectivity index is 1.47. The summed E-state index contributed by atoms with van der Waals surface area (Å²) >= 11 is 0. The van der Waals surface area contributed by atoms with Crippen molar-refractivity contribution in [2.24, 2.45) is 0 Å². The summed E-state index contributed by atoms with van der Waals surface area (Å²) in [5.74, 6) is 1.15. The molecule has 0 saturated heterocycles. The molecule has 34 heavy (non-hydrogen) atoms. The van der Waals surface area contributed by atoms with Gasteiger partial charge in [-0.3, -0.25) is 4.79 Å². The lowest BCUT2D eigenvalue weighted by molar-refractivity contribution is -0.139. The van der Waals surface area contributed by atoms with E-state index in [1.54, 1.807) is 0 Å². The van der Waals surface area contributed by atoms with Crippen LogP contribution in [0.25, 0.3) is 6.08 Å². The van der Waals surface area contributed by atoms with Gasteiger partial charge in [-0.15, -0.1) is 0 Å². The summed E-state index contributed by atoms with van der Waals surface area (Å²) in [6.07, 6.45) is 34.9. The fourth-order valence-corrected chi connectivity index (χ4v) is 3.19. The highest BCUT2D eigenvalue weighted by molar-refractivity contribution is 5.73. The van der Waals surface area contributed by atoms with Crippen molar-refractivity contribution in [3.05, 3.63) is 109 Å². The molecule has 0 unspecified atom stereocenters. The molecular formula is C31H38O3. The van der Waals surface area contributed by atoms with E-state index in [2.05, 4.69) is 73.8 Å². The van der Waals surface area contributed by atoms with E-state index < -0.39 is 0 Å². The molecule has 0 bridgehead atoms. The van der Waals surface area contributed by atoms with Crippen molar-refractivity contribution in [1.29, 1.82) is 0 Å². The monoisotopic (exact) mass is 458 g/mol. The van der Waals surface area contributed by atoms with Crippen LogP contribution in [0.3, 0.4) is 0 Å². The van der Waals surface area contributed by atoms with Gasteiger partial charge < -0.3 is 9.47 Å². The largest absolute Gasteiger partial charge is 0.485 e. The van der Waals surface area contributed by atoms with Gasteiger partial charge in [-0.05, 0) is 57.1 Å². The highest BCUT2D eigenvalue weighted by atomic mass is 16.6. The smallest absolute Gasteiger partial charge is 0.311 e. The Bertz CT molecular complexity index is 926. The second-order valence-corrected chi connectivity index (χ2v) is 7.87. The van der Waals surface area contributed by atoms with E-state index in [1.165, 1.54) is 0 Å². The quantitative estimate of drug-likeness (QED) is 0.195. The molecule has 0 saturated carbocycles. The van der Waals surface area contributed by atoms with Crippen molar-refractivity contribution in [3.8, 4) is 5.75 Å². The molecular weight excluding hydrogens is 420 g/mol. The summed E-state index contributed by atoms with van der Waals surface area (Å²) in [4.78, 5) is 12.0. The molecule has 3 nitrogen and oxygen atoms in total. The van der Waals surface area contributed by atoms with Crippen LogP contribution in [0.15, 0.2) is 103 Å². The summed E-state index contributed by atoms with van der Waals surface area (Å²) in [5, 5.41) is 0. The highest BCUT2D eigenvalue weighted by Crippen LogP contribution is 2.26. The molecule has 0 aliphatic carbocycles. The number of para-hydroxylation sites is 1. The zero-order valence-corrected chi connectivity index (χ0v) is 20.4. The zero-order valence-electron chi connectivity index (χ0n) is 20.4. The van der Waals surface area contributed by atoms with Crippen LogP contribution in [0.5, 0.6) is 5.75 Å². The van der Waals surface area contributed by atoms with Gasteiger partial charge in [0.25, 0.3) is 0 Å². The lowest BCUT2D eigenvalue weighted by atomic mass is 10.1. The van der Waals surface area contributed by atoms with Gasteiger partial charge in [0.05, 0.1) is 0 Å². The molecule has 1 aromatic carbocycles. The van der Waals surface area contributed by atoms with E-state index in [4.69, 9.17) is 9.47 Å². The number of fused-ring (bicyclic) bond motifs is 1. The molecule has 1 aliphatic rings. The molecule has 0 radical (unpaired) electrons. The van der Waals surface area contributed by atoms with E-state index in [0.29, 0.717) is 25.2 Å². The minimum Gasteiger partial charge on any atom is -0.485 e. The van der Waals surface area contributed by atoms with Crippen molar-refractivity contribution in [2.75, 3.05) is 6.61 Å². The minimum atomic E-state index is -0.228. The number of esters is 1. The summed E-state index contributed by atoms with van der Waals surface area (Å²) in [6, 6.07) is 7.72. The third-order valence-electron chi connectivity index (χ3n) is 4.96. The van der Waals surface area contributed by atoms with Crippen LogP contribution >= 0.6 is 0 Å². The Kier molecular flexibility index (Phi) is 14.4. The predicted octanol–water partition coefficient (Wildman–Crippen LogP) is 8.44. The minimum absolute atomic E-state index is 0.228. The molecule has 0 N–H and O–H groups in total. The molecule has 1 heterocycles. The van der Waals surface area contributed by atoms with Gasteiger partial charge in [0.2, 0.25) is 0 Å². The Morgan fingerprint density at radius 2 is 1.32 bits per heavy atom. The molecule has 0 spiro atoms. The number of hydrogen-bond donors (Lipinski definition) is 0. The Morgan fingerprint density at radius 3 is 1.91 bits per heavy atom. The second-order valence-electron chi connectivity index (χ2n) is 7.87. The van der Waals surface area contributed by atoms with Crippen molar-refractivity contribution in [1.82, 2.24) is 0 Å². The standard InChI is InChI=1S/C31H38O3/c1-2-3-4-5-6-7-8-9-10-11-12-13-14-15-16-17-18-19-20-25-31(32)34-29-26-28-23-21-22-24-30(28)33-27-29/h3-4,6-7,9-10,12-13,15-16,18-19,21-24,26H,2,5,8,11,14,17,20,25,27H2,1H3. The maximum absolute atomic E-state index is 12.0. The van der Waals surface area contributed by atoms with Crippen molar-refractivity contribution >= 4 is 12.0 Å². The average Bonchev–Trinajstić information content (AvgIpc) is 2.85. The summed E-state index contributed by atoms with van der Waals surface area (Å²) in [6.45, 7) is 2.45.